The number of nitrogens with one attached hydrogen (secondary N) is 1. The van der Waals surface area contributed by atoms with Crippen molar-refractivity contribution in [1.82, 2.24) is 5.32 Å². The van der Waals surface area contributed by atoms with Gasteiger partial charge in [-0.1, -0.05) is 56.5 Å². The molecule has 0 amide bonds. The van der Waals surface area contributed by atoms with Gasteiger partial charge in [0.2, 0.25) is 0 Å². The van der Waals surface area contributed by atoms with Crippen LogP contribution in [0.4, 0.5) is 0 Å². The third-order valence-corrected chi connectivity index (χ3v) is 4.21. The summed E-state index contributed by atoms with van der Waals surface area (Å²) < 4.78 is 6.26. The van der Waals surface area contributed by atoms with E-state index in [0.717, 1.165) is 30.0 Å². The molecular weight excluding hydrogens is 258 g/mol. The summed E-state index contributed by atoms with van der Waals surface area (Å²) in [5.74, 6) is 0. The molecule has 1 aromatic carbocycles. The average Bonchev–Trinajstić information content (AvgIpc) is 2.85. The van der Waals surface area contributed by atoms with E-state index in [9.17, 15) is 0 Å². The maximum atomic E-state index is 6.26. The van der Waals surface area contributed by atoms with Gasteiger partial charge in [0.1, 0.15) is 0 Å². The average molecular weight is 282 g/mol. The van der Waals surface area contributed by atoms with Crippen molar-refractivity contribution in [3.63, 3.8) is 0 Å². The smallest absolute Gasteiger partial charge is 0.0810 e. The quantitative estimate of drug-likeness (QED) is 0.845. The van der Waals surface area contributed by atoms with Crippen molar-refractivity contribution in [2.24, 2.45) is 0 Å². The van der Waals surface area contributed by atoms with Crippen LogP contribution in [-0.4, -0.2) is 18.2 Å². The molecule has 0 aromatic heterocycles. The van der Waals surface area contributed by atoms with Crippen LogP contribution < -0.4 is 5.32 Å². The zero-order valence-corrected chi connectivity index (χ0v) is 12.7. The molecule has 0 bridgehead atoms. The fourth-order valence-electron chi connectivity index (χ4n) is 2.63. The lowest BCUT2D eigenvalue weighted by molar-refractivity contribution is -0.0513. The molecule has 1 aromatic rings. The second-order valence-electron chi connectivity index (χ2n) is 5.81. The van der Waals surface area contributed by atoms with Crippen LogP contribution in [0, 0.1) is 0 Å². The van der Waals surface area contributed by atoms with Gasteiger partial charge in [-0.25, -0.2) is 0 Å². The van der Waals surface area contributed by atoms with E-state index in [4.69, 9.17) is 16.3 Å². The zero-order valence-electron chi connectivity index (χ0n) is 11.9. The standard InChI is InChI=1S/C16H24ClNO/c1-13(2)18-12-16(9-5-6-10-16)19-11-14-7-3-4-8-15(14)17/h3-4,7-8,13,18H,5-6,9-12H2,1-2H3. The minimum atomic E-state index is 0.00341. The van der Waals surface area contributed by atoms with Crippen LogP contribution in [0.25, 0.3) is 0 Å². The summed E-state index contributed by atoms with van der Waals surface area (Å²) in [6.07, 6.45) is 4.83. The largest absolute Gasteiger partial charge is 0.369 e. The van der Waals surface area contributed by atoms with E-state index < -0.39 is 0 Å². The maximum absolute atomic E-state index is 6.26. The fraction of sp³-hybridized carbons (Fsp3) is 0.625. The highest BCUT2D eigenvalue weighted by molar-refractivity contribution is 6.31. The SMILES string of the molecule is CC(C)NCC1(OCc2ccccc2Cl)CCCC1. The number of hydrogen-bond donors (Lipinski definition) is 1. The summed E-state index contributed by atoms with van der Waals surface area (Å²) in [6.45, 7) is 5.90. The Morgan fingerprint density at radius 2 is 1.95 bits per heavy atom. The monoisotopic (exact) mass is 281 g/mol. The van der Waals surface area contributed by atoms with Gasteiger partial charge in [-0.3, -0.25) is 0 Å². The molecule has 0 radical (unpaired) electrons. The van der Waals surface area contributed by atoms with Gasteiger partial charge in [-0.2, -0.15) is 0 Å². The van der Waals surface area contributed by atoms with E-state index in [1.807, 2.05) is 24.3 Å². The van der Waals surface area contributed by atoms with Crippen molar-refractivity contribution in [1.29, 1.82) is 0 Å². The number of hydrogen-bond acceptors (Lipinski definition) is 2. The lowest BCUT2D eigenvalue weighted by Gasteiger charge is -2.31. The molecule has 1 N–H and O–H groups in total. The minimum absolute atomic E-state index is 0.00341. The van der Waals surface area contributed by atoms with E-state index in [0.29, 0.717) is 12.6 Å². The van der Waals surface area contributed by atoms with Crippen molar-refractivity contribution in [3.8, 4) is 0 Å². The van der Waals surface area contributed by atoms with Gasteiger partial charge < -0.3 is 10.1 Å². The third kappa shape index (κ3) is 4.20. The molecule has 106 valence electrons. The van der Waals surface area contributed by atoms with Gasteiger partial charge in [0.25, 0.3) is 0 Å². The first kappa shape index (κ1) is 14.8. The van der Waals surface area contributed by atoms with Gasteiger partial charge in [0.05, 0.1) is 12.2 Å². The Hall–Kier alpha value is -0.570. The number of ether oxygens (including phenoxy) is 1. The van der Waals surface area contributed by atoms with Crippen LogP contribution in [0.3, 0.4) is 0 Å². The first-order valence-electron chi connectivity index (χ1n) is 7.22. The molecule has 0 saturated heterocycles. The fourth-order valence-corrected chi connectivity index (χ4v) is 2.82. The summed E-state index contributed by atoms with van der Waals surface area (Å²) in [5.41, 5.74) is 1.09. The van der Waals surface area contributed by atoms with Crippen molar-refractivity contribution < 1.29 is 4.74 Å². The van der Waals surface area contributed by atoms with Gasteiger partial charge >= 0.3 is 0 Å². The summed E-state index contributed by atoms with van der Waals surface area (Å²) in [4.78, 5) is 0. The second-order valence-corrected chi connectivity index (χ2v) is 6.21. The zero-order chi connectivity index (χ0) is 13.7. The Balaban J connectivity index is 1.95. The van der Waals surface area contributed by atoms with Crippen LogP contribution >= 0.6 is 11.6 Å². The molecule has 0 spiro atoms. The first-order chi connectivity index (χ1) is 9.11. The Morgan fingerprint density at radius 3 is 2.58 bits per heavy atom. The molecule has 1 fully saturated rings. The van der Waals surface area contributed by atoms with E-state index >= 15 is 0 Å². The highest BCUT2D eigenvalue weighted by atomic mass is 35.5. The van der Waals surface area contributed by atoms with E-state index in [1.165, 1.54) is 12.8 Å². The van der Waals surface area contributed by atoms with Crippen molar-refractivity contribution in [3.05, 3.63) is 34.9 Å². The molecule has 0 atom stereocenters. The third-order valence-electron chi connectivity index (χ3n) is 3.84. The van der Waals surface area contributed by atoms with E-state index in [1.54, 1.807) is 0 Å². The van der Waals surface area contributed by atoms with E-state index in [-0.39, 0.29) is 5.60 Å². The maximum Gasteiger partial charge on any atom is 0.0810 e. The van der Waals surface area contributed by atoms with Gasteiger partial charge in [0, 0.05) is 17.6 Å². The molecule has 0 heterocycles. The second kappa shape index (κ2) is 6.74. The van der Waals surface area contributed by atoms with Crippen LogP contribution in [0.2, 0.25) is 5.02 Å². The van der Waals surface area contributed by atoms with Gasteiger partial charge in [-0.05, 0) is 24.5 Å². The topological polar surface area (TPSA) is 21.3 Å². The molecule has 1 aliphatic rings. The summed E-state index contributed by atoms with van der Waals surface area (Å²) in [7, 11) is 0. The summed E-state index contributed by atoms with van der Waals surface area (Å²) in [6, 6.07) is 8.44. The Labute approximate surface area is 121 Å². The molecule has 1 saturated carbocycles. The minimum Gasteiger partial charge on any atom is -0.369 e. The van der Waals surface area contributed by atoms with Crippen LogP contribution in [0.5, 0.6) is 0 Å². The molecule has 19 heavy (non-hydrogen) atoms. The lowest BCUT2D eigenvalue weighted by atomic mass is 10.0. The summed E-state index contributed by atoms with van der Waals surface area (Å²) in [5, 5.41) is 4.32. The highest BCUT2D eigenvalue weighted by Crippen LogP contribution is 2.34. The first-order valence-corrected chi connectivity index (χ1v) is 7.60. The molecule has 1 aliphatic carbocycles. The molecular formula is C16H24ClNO. The van der Waals surface area contributed by atoms with Gasteiger partial charge in [0.15, 0.2) is 0 Å². The number of rotatable bonds is 6. The predicted octanol–water partition coefficient (Wildman–Crippen LogP) is 4.17. The van der Waals surface area contributed by atoms with Crippen LogP contribution in [-0.2, 0) is 11.3 Å². The van der Waals surface area contributed by atoms with Crippen molar-refractivity contribution in [2.75, 3.05) is 6.54 Å². The molecule has 2 nitrogen and oxygen atoms in total. The van der Waals surface area contributed by atoms with Crippen LogP contribution in [0.15, 0.2) is 24.3 Å². The Morgan fingerprint density at radius 1 is 1.26 bits per heavy atom. The number of halogens is 1. The molecule has 0 unspecified atom stereocenters. The van der Waals surface area contributed by atoms with Crippen molar-refractivity contribution >= 4 is 11.6 Å². The lowest BCUT2D eigenvalue weighted by Crippen LogP contribution is -2.43. The Kier molecular flexibility index (Phi) is 5.26. The normalized spacial score (nSPS) is 18.1. The summed E-state index contributed by atoms with van der Waals surface area (Å²) >= 11 is 6.19. The van der Waals surface area contributed by atoms with E-state index in [2.05, 4.69) is 19.2 Å². The van der Waals surface area contributed by atoms with Crippen LogP contribution in [0.1, 0.15) is 45.1 Å². The van der Waals surface area contributed by atoms with Gasteiger partial charge in [-0.15, -0.1) is 0 Å². The molecule has 3 heteroatoms. The highest BCUT2D eigenvalue weighted by Gasteiger charge is 2.34. The molecule has 2 rings (SSSR count). The van der Waals surface area contributed by atoms with Crippen molar-refractivity contribution in [2.45, 2.75) is 57.8 Å². The number of benzene rings is 1. The Bertz CT molecular complexity index is 399. The molecule has 0 aliphatic heterocycles. The predicted molar refractivity (Wildman–Crippen MR) is 80.6 cm³/mol.